The van der Waals surface area contributed by atoms with Crippen LogP contribution in [0.1, 0.15) is 0 Å². The Morgan fingerprint density at radius 1 is 0.833 bits per heavy atom. The zero-order valence-electron chi connectivity index (χ0n) is 13.9. The molecule has 0 aliphatic carbocycles. The topological polar surface area (TPSA) is 37.3 Å². The van der Waals surface area contributed by atoms with Gasteiger partial charge in [-0.2, -0.15) is 0 Å². The van der Waals surface area contributed by atoms with Crippen LogP contribution in [0.2, 0.25) is 0 Å². The zero-order valence-corrected chi connectivity index (χ0v) is 16.6. The number of hydrogen-bond acceptors (Lipinski definition) is 5. The third-order valence-corrected chi connectivity index (χ3v) is 11.0. The minimum absolute atomic E-state index is 0.00302. The molecule has 0 amide bonds. The molecule has 2 aromatic rings. The second-order valence-electron chi connectivity index (χ2n) is 5.59. The van der Waals surface area contributed by atoms with E-state index in [1.54, 1.807) is 6.07 Å². The summed E-state index contributed by atoms with van der Waals surface area (Å²) < 4.78 is 140. The fraction of sp³-hybridized carbons (Fsp3) is 0. The third-order valence-electron chi connectivity index (χ3n) is 3.35. The van der Waals surface area contributed by atoms with Crippen LogP contribution >= 0.6 is 23.4 Å². The fourth-order valence-electron chi connectivity index (χ4n) is 2.13. The van der Waals surface area contributed by atoms with Gasteiger partial charge in [0.15, 0.2) is 0 Å². The predicted octanol–water partition coefficient (Wildman–Crippen LogP) is 9.37. The van der Waals surface area contributed by atoms with E-state index in [9.17, 15) is 42.7 Å². The molecule has 2 aromatic carbocycles. The van der Waals surface area contributed by atoms with Crippen molar-refractivity contribution in [1.29, 1.82) is 0 Å². The van der Waals surface area contributed by atoms with Crippen molar-refractivity contribution >= 4 is 23.4 Å². The van der Waals surface area contributed by atoms with Crippen LogP contribution in [-0.2, 0) is 0 Å². The second kappa shape index (κ2) is 6.67. The van der Waals surface area contributed by atoms with Crippen LogP contribution in [0.4, 0.5) is 42.7 Å². The van der Waals surface area contributed by atoms with E-state index >= 15 is 0 Å². The van der Waals surface area contributed by atoms with E-state index in [-0.39, 0.29) is 5.75 Å². The third kappa shape index (κ3) is 3.85. The molecular formula is C12H8F10N3O2P3. The second-order valence-corrected chi connectivity index (χ2v) is 12.4. The Morgan fingerprint density at radius 2 is 1.40 bits per heavy atom. The van der Waals surface area contributed by atoms with Crippen molar-refractivity contribution in [1.82, 2.24) is 9.33 Å². The van der Waals surface area contributed by atoms with Gasteiger partial charge in [-0.3, -0.25) is 0 Å². The van der Waals surface area contributed by atoms with Gasteiger partial charge in [0, 0.05) is 0 Å². The quantitative estimate of drug-likeness (QED) is 0.234. The van der Waals surface area contributed by atoms with Gasteiger partial charge >= 0.3 is 161 Å². The van der Waals surface area contributed by atoms with Gasteiger partial charge in [-0.25, -0.2) is 0 Å². The Morgan fingerprint density at radius 3 is 2.00 bits per heavy atom. The van der Waals surface area contributed by atoms with Crippen molar-refractivity contribution < 1.29 is 52.0 Å². The van der Waals surface area contributed by atoms with E-state index < -0.39 is 50.1 Å². The Hall–Kier alpha value is -1.65. The maximum absolute atomic E-state index is 14.5. The van der Waals surface area contributed by atoms with Crippen molar-refractivity contribution in [2.45, 2.75) is 0 Å². The molecule has 0 saturated carbocycles. The van der Waals surface area contributed by atoms with Gasteiger partial charge in [0.05, 0.1) is 0 Å². The molecule has 1 unspecified atom stereocenters. The van der Waals surface area contributed by atoms with Gasteiger partial charge in [0.25, 0.3) is 0 Å². The molecule has 1 atom stereocenters. The molecule has 1 aliphatic rings. The number of para-hydroxylation sites is 1. The first-order valence-electron chi connectivity index (χ1n) is 7.36. The molecule has 168 valence electrons. The van der Waals surface area contributed by atoms with E-state index in [0.717, 1.165) is 12.1 Å². The first-order chi connectivity index (χ1) is 13.5. The van der Waals surface area contributed by atoms with E-state index in [1.807, 2.05) is 0 Å². The van der Waals surface area contributed by atoms with Crippen LogP contribution in [0.5, 0.6) is 17.2 Å². The predicted molar refractivity (Wildman–Crippen MR) is 90.4 cm³/mol. The molecule has 1 aliphatic heterocycles. The molecule has 5 nitrogen and oxygen atoms in total. The molecule has 0 radical (unpaired) electrons. The summed E-state index contributed by atoms with van der Waals surface area (Å²) in [4.78, 5) is 0. The van der Waals surface area contributed by atoms with E-state index in [4.69, 9.17) is 4.74 Å². The van der Waals surface area contributed by atoms with E-state index in [0.29, 0.717) is 6.07 Å². The molecule has 0 N–H and O–H groups in total. The van der Waals surface area contributed by atoms with Crippen LogP contribution in [-0.4, -0.2) is 9.33 Å². The van der Waals surface area contributed by atoms with Crippen molar-refractivity contribution in [3.05, 3.63) is 54.3 Å². The Labute approximate surface area is 161 Å². The van der Waals surface area contributed by atoms with Crippen LogP contribution < -0.4 is 9.26 Å². The fourth-order valence-corrected chi connectivity index (χ4v) is 9.33. The molecular weight excluding hydrogens is 501 g/mol. The summed E-state index contributed by atoms with van der Waals surface area (Å²) in [7, 11) is -26.4. The monoisotopic (exact) mass is 509 g/mol. The van der Waals surface area contributed by atoms with Gasteiger partial charge in [0.2, 0.25) is 0 Å². The summed E-state index contributed by atoms with van der Waals surface area (Å²) in [6.45, 7) is 0. The van der Waals surface area contributed by atoms with Crippen molar-refractivity contribution in [2.24, 2.45) is 4.52 Å². The van der Waals surface area contributed by atoms with E-state index in [2.05, 4.69) is 4.52 Å². The molecule has 0 saturated heterocycles. The first kappa shape index (κ1) is 23.0. The van der Waals surface area contributed by atoms with Crippen LogP contribution in [0, 0.1) is 5.82 Å². The number of halogens is 10. The Balaban J connectivity index is 2.07. The number of rotatable bonds is 4. The molecule has 30 heavy (non-hydrogen) atoms. The maximum atomic E-state index is 14.5. The van der Waals surface area contributed by atoms with Gasteiger partial charge in [-0.1, -0.05) is 0 Å². The number of hydrogen-bond donors (Lipinski definition) is 0. The summed E-state index contributed by atoms with van der Waals surface area (Å²) in [5.74, 6) is -4.07. The molecule has 18 heteroatoms. The van der Waals surface area contributed by atoms with Crippen molar-refractivity contribution in [3.8, 4) is 17.2 Å². The summed E-state index contributed by atoms with van der Waals surface area (Å²) in [6.07, 6.45) is 0. The van der Waals surface area contributed by atoms with Crippen LogP contribution in [0.15, 0.2) is 53.0 Å². The molecule has 1 heterocycles. The summed E-state index contributed by atoms with van der Waals surface area (Å²) >= 11 is 0. The van der Waals surface area contributed by atoms with Crippen LogP contribution in [0.25, 0.3) is 0 Å². The molecule has 3 rings (SSSR count). The summed E-state index contributed by atoms with van der Waals surface area (Å²) in [5, 5.41) is 0. The molecule has 0 aromatic heterocycles. The van der Waals surface area contributed by atoms with Gasteiger partial charge < -0.3 is 0 Å². The number of ether oxygens (including phenoxy) is 1. The normalized spacial score (nSPS) is 29.9. The SMILES string of the molecule is Fc1c(Oc2ccccc2)cccc1OP1(F)=NP(F)(F)(F)N(F)P(F)(F)(F)N1F. The van der Waals surface area contributed by atoms with Gasteiger partial charge in [-0.15, -0.1) is 0 Å². The Kier molecular flexibility index (Phi) is 5.12. The van der Waals surface area contributed by atoms with E-state index in [1.165, 1.54) is 28.8 Å². The Bertz CT molecular complexity index is 1040. The number of nitrogens with zero attached hydrogens (tertiary/aromatic N) is 3. The number of benzene rings is 2. The standard InChI is InChI=1S/C12H8F10N3O2P3/c13-12-10(26-9-5-2-1-3-6-9)7-4-8-11(12)27-28(16)23-29(17,18,19)25(15)30(20,21,22)24(28)14/h1-8H. The van der Waals surface area contributed by atoms with Gasteiger partial charge in [0.1, 0.15) is 0 Å². The molecule has 0 bridgehead atoms. The summed E-state index contributed by atoms with van der Waals surface area (Å²) in [5.41, 5.74) is 0. The average Bonchev–Trinajstić information content (AvgIpc) is 2.62. The molecule has 0 fully saturated rings. The summed E-state index contributed by atoms with van der Waals surface area (Å²) in [6, 6.07) is 9.27. The van der Waals surface area contributed by atoms with Crippen LogP contribution in [0.3, 0.4) is 0 Å². The first-order valence-corrected chi connectivity index (χ1v) is 12.5. The van der Waals surface area contributed by atoms with Crippen molar-refractivity contribution in [2.75, 3.05) is 0 Å². The van der Waals surface area contributed by atoms with Gasteiger partial charge in [-0.05, 0) is 0 Å². The van der Waals surface area contributed by atoms with Crippen molar-refractivity contribution in [3.63, 3.8) is 0 Å². The average molecular weight is 509 g/mol. The minimum atomic E-state index is -9.81. The molecule has 0 spiro atoms. The zero-order chi connectivity index (χ0) is 22.6.